The van der Waals surface area contributed by atoms with Crippen LogP contribution in [0.15, 0.2) is 59.7 Å². The predicted molar refractivity (Wildman–Crippen MR) is 132 cm³/mol. The maximum atomic E-state index is 10.3. The third kappa shape index (κ3) is 6.75. The molecule has 0 radical (unpaired) electrons. The molecule has 1 heterocycles. The summed E-state index contributed by atoms with van der Waals surface area (Å²) in [7, 11) is 0. The van der Waals surface area contributed by atoms with Gasteiger partial charge in [-0.05, 0) is 43.0 Å². The van der Waals surface area contributed by atoms with Crippen LogP contribution in [0.4, 0.5) is 0 Å². The van der Waals surface area contributed by atoms with Crippen LogP contribution in [0.25, 0.3) is 10.9 Å². The van der Waals surface area contributed by atoms with E-state index in [0.717, 1.165) is 31.0 Å². The van der Waals surface area contributed by atoms with E-state index in [-0.39, 0.29) is 24.0 Å². The summed E-state index contributed by atoms with van der Waals surface area (Å²) in [5.41, 5.74) is 4.90. The number of aromatic nitrogens is 1. The maximum Gasteiger partial charge on any atom is 0.191 e. The number of hydrogen-bond donors (Lipinski definition) is 4. The van der Waals surface area contributed by atoms with Crippen molar-refractivity contribution < 1.29 is 5.11 Å². The average Bonchev–Trinajstić information content (AvgIpc) is 3.11. The van der Waals surface area contributed by atoms with Crippen molar-refractivity contribution in [2.45, 2.75) is 32.8 Å². The summed E-state index contributed by atoms with van der Waals surface area (Å²) in [5.74, 6) is 0.742. The molecule has 0 amide bonds. The van der Waals surface area contributed by atoms with E-state index in [1.165, 1.54) is 22.0 Å². The second kappa shape index (κ2) is 11.8. The van der Waals surface area contributed by atoms with Gasteiger partial charge in [0.05, 0.1) is 12.6 Å². The summed E-state index contributed by atoms with van der Waals surface area (Å²) in [5, 5.41) is 18.2. The van der Waals surface area contributed by atoms with Crippen LogP contribution in [-0.2, 0) is 12.8 Å². The lowest BCUT2D eigenvalue weighted by atomic mass is 10.1. The van der Waals surface area contributed by atoms with Crippen molar-refractivity contribution >= 4 is 40.8 Å². The largest absolute Gasteiger partial charge is 0.391 e. The quantitative estimate of drug-likeness (QED) is 0.214. The van der Waals surface area contributed by atoms with Crippen molar-refractivity contribution in [3.63, 3.8) is 0 Å². The second-order valence-electron chi connectivity index (χ2n) is 7.05. The van der Waals surface area contributed by atoms with Gasteiger partial charge in [-0.1, -0.05) is 42.5 Å². The Bertz CT molecular complexity index is 908. The zero-order valence-electron chi connectivity index (χ0n) is 17.1. The van der Waals surface area contributed by atoms with Gasteiger partial charge in [-0.25, -0.2) is 0 Å². The molecule has 2 aromatic carbocycles. The Morgan fingerprint density at radius 3 is 2.66 bits per heavy atom. The number of hydrogen-bond acceptors (Lipinski definition) is 2. The first-order valence-corrected chi connectivity index (χ1v) is 9.97. The van der Waals surface area contributed by atoms with E-state index in [1.807, 2.05) is 37.3 Å². The van der Waals surface area contributed by atoms with Crippen LogP contribution < -0.4 is 10.6 Å². The zero-order valence-corrected chi connectivity index (χ0v) is 19.4. The van der Waals surface area contributed by atoms with Crippen LogP contribution >= 0.6 is 24.0 Å². The van der Waals surface area contributed by atoms with Crippen LogP contribution in [0.1, 0.15) is 23.6 Å². The van der Waals surface area contributed by atoms with Gasteiger partial charge in [-0.15, -0.1) is 24.0 Å². The Hall–Kier alpha value is -2.06. The molecule has 0 bridgehead atoms. The zero-order chi connectivity index (χ0) is 19.8. The number of guanidine groups is 1. The van der Waals surface area contributed by atoms with E-state index in [0.29, 0.717) is 13.0 Å². The standard InChI is InChI=1S/C23H30N4O.HI/c1-3-24-23(27-16-20(28)14-18-9-5-4-6-10-18)25-13-12-19-15-26-21-11-7-8-17(2)22(19)21;/h4-11,15,20,26,28H,3,12-14,16H2,1-2H3,(H2,24,25,27);1H. The van der Waals surface area contributed by atoms with Crippen molar-refractivity contribution in [1.82, 2.24) is 15.6 Å². The number of aliphatic hydroxyl groups excluding tert-OH is 1. The highest BCUT2D eigenvalue weighted by molar-refractivity contribution is 14.0. The van der Waals surface area contributed by atoms with Crippen LogP contribution in [0.2, 0.25) is 0 Å². The Kier molecular flexibility index (Phi) is 9.47. The SMILES string of the molecule is CCNC(=NCC(O)Cc1ccccc1)NCCc1c[nH]c2cccc(C)c12.I. The topological polar surface area (TPSA) is 72.4 Å². The molecule has 1 aromatic heterocycles. The van der Waals surface area contributed by atoms with E-state index >= 15 is 0 Å². The average molecular weight is 506 g/mol. The smallest absolute Gasteiger partial charge is 0.191 e. The van der Waals surface area contributed by atoms with Gasteiger partial charge in [0.1, 0.15) is 0 Å². The van der Waals surface area contributed by atoms with E-state index in [4.69, 9.17) is 0 Å². The lowest BCUT2D eigenvalue weighted by Gasteiger charge is -2.13. The van der Waals surface area contributed by atoms with Gasteiger partial charge in [-0.2, -0.15) is 0 Å². The number of nitrogens with one attached hydrogen (secondary N) is 3. The van der Waals surface area contributed by atoms with Gasteiger partial charge < -0.3 is 20.7 Å². The molecule has 0 saturated heterocycles. The monoisotopic (exact) mass is 506 g/mol. The number of halogens is 1. The lowest BCUT2D eigenvalue weighted by Crippen LogP contribution is -2.39. The van der Waals surface area contributed by atoms with Gasteiger partial charge in [0.25, 0.3) is 0 Å². The summed E-state index contributed by atoms with van der Waals surface area (Å²) in [6, 6.07) is 16.3. The van der Waals surface area contributed by atoms with Gasteiger partial charge >= 0.3 is 0 Å². The van der Waals surface area contributed by atoms with Crippen LogP contribution in [-0.4, -0.2) is 41.8 Å². The fraction of sp³-hybridized carbons (Fsp3) is 0.348. The first-order valence-electron chi connectivity index (χ1n) is 9.97. The summed E-state index contributed by atoms with van der Waals surface area (Å²) < 4.78 is 0. The molecule has 0 aliphatic carbocycles. The number of H-pyrrole nitrogens is 1. The minimum absolute atomic E-state index is 0. The van der Waals surface area contributed by atoms with E-state index in [2.05, 4.69) is 51.9 Å². The Balaban J connectivity index is 0.00000300. The normalized spacial score (nSPS) is 12.4. The molecule has 3 aromatic rings. The van der Waals surface area contributed by atoms with E-state index in [1.54, 1.807) is 0 Å². The number of aliphatic hydroxyl groups is 1. The molecular weight excluding hydrogens is 475 g/mol. The molecule has 3 rings (SSSR count). The van der Waals surface area contributed by atoms with Crippen molar-refractivity contribution in [3.05, 3.63) is 71.4 Å². The summed E-state index contributed by atoms with van der Waals surface area (Å²) in [6.07, 6.45) is 3.11. The molecule has 1 unspecified atom stereocenters. The van der Waals surface area contributed by atoms with Gasteiger partial charge in [0.15, 0.2) is 5.96 Å². The highest BCUT2D eigenvalue weighted by atomic mass is 127. The number of fused-ring (bicyclic) bond motifs is 1. The molecular formula is C23H31IN4O. The molecule has 5 nitrogen and oxygen atoms in total. The summed E-state index contributed by atoms with van der Waals surface area (Å²) in [4.78, 5) is 7.89. The summed E-state index contributed by atoms with van der Waals surface area (Å²) in [6.45, 7) is 6.12. The number of aryl methyl sites for hydroxylation is 1. The minimum atomic E-state index is -0.492. The molecule has 0 spiro atoms. The van der Waals surface area contributed by atoms with Crippen LogP contribution in [0.3, 0.4) is 0 Å². The highest BCUT2D eigenvalue weighted by Crippen LogP contribution is 2.22. The molecule has 0 aliphatic rings. The number of aliphatic imine (C=N–C) groups is 1. The Labute approximate surface area is 190 Å². The van der Waals surface area contributed by atoms with Gasteiger partial charge in [0, 0.05) is 36.6 Å². The maximum absolute atomic E-state index is 10.3. The molecule has 0 aliphatic heterocycles. The number of nitrogens with zero attached hydrogens (tertiary/aromatic N) is 1. The van der Waals surface area contributed by atoms with E-state index in [9.17, 15) is 5.11 Å². The van der Waals surface area contributed by atoms with Crippen molar-refractivity contribution in [3.8, 4) is 0 Å². The first-order chi connectivity index (χ1) is 13.7. The predicted octanol–water partition coefficient (Wildman–Crippen LogP) is 3.80. The summed E-state index contributed by atoms with van der Waals surface area (Å²) >= 11 is 0. The minimum Gasteiger partial charge on any atom is -0.391 e. The number of benzene rings is 2. The molecule has 0 fully saturated rings. The lowest BCUT2D eigenvalue weighted by molar-refractivity contribution is 0.183. The van der Waals surface area contributed by atoms with Crippen molar-refractivity contribution in [1.29, 1.82) is 0 Å². The van der Waals surface area contributed by atoms with Gasteiger partial charge in [-0.3, -0.25) is 4.99 Å². The molecule has 4 N–H and O–H groups in total. The van der Waals surface area contributed by atoms with Crippen LogP contribution in [0, 0.1) is 6.92 Å². The third-order valence-electron chi connectivity index (χ3n) is 4.80. The molecule has 156 valence electrons. The van der Waals surface area contributed by atoms with Crippen LogP contribution in [0.5, 0.6) is 0 Å². The Morgan fingerprint density at radius 2 is 1.90 bits per heavy atom. The van der Waals surface area contributed by atoms with Crippen molar-refractivity contribution in [2.75, 3.05) is 19.6 Å². The van der Waals surface area contributed by atoms with Gasteiger partial charge in [0.2, 0.25) is 0 Å². The number of aromatic amines is 1. The van der Waals surface area contributed by atoms with E-state index < -0.39 is 6.10 Å². The third-order valence-corrected chi connectivity index (χ3v) is 4.80. The Morgan fingerprint density at radius 1 is 1.10 bits per heavy atom. The fourth-order valence-electron chi connectivity index (χ4n) is 3.45. The molecule has 1 atom stereocenters. The fourth-order valence-corrected chi connectivity index (χ4v) is 3.45. The molecule has 0 saturated carbocycles. The molecule has 29 heavy (non-hydrogen) atoms. The second-order valence-corrected chi connectivity index (χ2v) is 7.05. The van der Waals surface area contributed by atoms with Crippen molar-refractivity contribution in [2.24, 2.45) is 4.99 Å². The highest BCUT2D eigenvalue weighted by Gasteiger charge is 2.08. The number of rotatable bonds is 8. The molecule has 6 heteroatoms. The first kappa shape index (κ1) is 23.2.